The number of hydrogen-bond acceptors (Lipinski definition) is 6. The predicted molar refractivity (Wildman–Crippen MR) is 348 cm³/mol. The summed E-state index contributed by atoms with van der Waals surface area (Å²) in [4.78, 5) is 38.4. The van der Waals surface area contributed by atoms with Crippen molar-refractivity contribution in [2.75, 3.05) is 13.2 Å². The lowest BCUT2D eigenvalue weighted by molar-refractivity contribution is -0.167. The van der Waals surface area contributed by atoms with Crippen LogP contribution in [0.2, 0.25) is 0 Å². The summed E-state index contributed by atoms with van der Waals surface area (Å²) in [5.74, 6) is -0.870. The molecule has 0 amide bonds. The molecule has 0 fully saturated rings. The van der Waals surface area contributed by atoms with E-state index in [1.807, 2.05) is 0 Å². The normalized spacial score (nSPS) is 12.5. The van der Waals surface area contributed by atoms with E-state index >= 15 is 0 Å². The molecule has 0 aromatic rings. The Morgan fingerprint density at radius 1 is 0.250 bits per heavy atom. The first-order chi connectivity index (χ1) is 39.5. The lowest BCUT2D eigenvalue weighted by Crippen LogP contribution is -2.30. The Bertz CT molecular complexity index is 1470. The van der Waals surface area contributed by atoms with E-state index in [0.29, 0.717) is 19.3 Å². The standard InChI is InChI=1S/C74H132O6/c1-4-7-10-13-16-19-22-25-27-29-31-32-33-34-35-36-37-38-39-40-41-42-44-45-47-49-52-55-58-61-64-67-73(76)79-70-71(69-78-72(75)66-63-60-57-54-51-24-21-18-15-12-9-6-3)80-74(77)68-65-62-59-56-53-50-48-46-43-30-28-26-23-20-17-14-11-8-5-2/h17,20,22,25-26,28-29,31,33-34,43,46,71H,4-16,18-19,21,23-24,27,30,32,35-42,44-45,47-70H2,1-3H3/b20-17-,25-22-,28-26-,31-29-,34-33-,46-43-. The largest absolute Gasteiger partial charge is 0.462 e. The number of hydrogen-bond donors (Lipinski definition) is 0. The van der Waals surface area contributed by atoms with Gasteiger partial charge in [0.05, 0.1) is 0 Å². The second-order valence-electron chi connectivity index (χ2n) is 23.4. The first kappa shape index (κ1) is 76.9. The van der Waals surface area contributed by atoms with Crippen LogP contribution in [0.4, 0.5) is 0 Å². The Hall–Kier alpha value is -3.15. The van der Waals surface area contributed by atoms with E-state index in [1.54, 1.807) is 0 Å². The zero-order valence-corrected chi connectivity index (χ0v) is 53.3. The summed E-state index contributed by atoms with van der Waals surface area (Å²) < 4.78 is 16.9. The van der Waals surface area contributed by atoms with E-state index < -0.39 is 6.10 Å². The number of unbranched alkanes of at least 4 members (excludes halogenated alkanes) is 41. The summed E-state index contributed by atoms with van der Waals surface area (Å²) in [6, 6.07) is 0. The van der Waals surface area contributed by atoms with Gasteiger partial charge in [0.2, 0.25) is 0 Å². The van der Waals surface area contributed by atoms with Crippen molar-refractivity contribution in [3.8, 4) is 0 Å². The molecule has 0 aliphatic rings. The first-order valence-corrected chi connectivity index (χ1v) is 34.9. The molecule has 0 rings (SSSR count). The van der Waals surface area contributed by atoms with Crippen molar-refractivity contribution < 1.29 is 28.6 Å². The molecule has 464 valence electrons. The van der Waals surface area contributed by atoms with Crippen molar-refractivity contribution in [3.05, 3.63) is 72.9 Å². The van der Waals surface area contributed by atoms with E-state index in [2.05, 4.69) is 93.7 Å². The van der Waals surface area contributed by atoms with Crippen LogP contribution in [-0.4, -0.2) is 37.2 Å². The summed E-state index contributed by atoms with van der Waals surface area (Å²) >= 11 is 0. The fourth-order valence-corrected chi connectivity index (χ4v) is 10.2. The SMILES string of the molecule is CCCCC/C=C\C/C=C\C/C=C\CCCCCCCCC(=O)OC(COC(=O)CCCCCCCCCCCCCC)COC(=O)CCCCCCCCCCCCCCCCCC/C=C\C/C=C\C/C=C\CCCCCCC. The molecule has 0 radical (unpaired) electrons. The van der Waals surface area contributed by atoms with Gasteiger partial charge in [-0.1, -0.05) is 318 Å². The molecule has 1 unspecified atom stereocenters. The van der Waals surface area contributed by atoms with Gasteiger partial charge in [0.1, 0.15) is 13.2 Å². The number of carbonyl (C=O) groups is 3. The van der Waals surface area contributed by atoms with Crippen molar-refractivity contribution in [1.29, 1.82) is 0 Å². The van der Waals surface area contributed by atoms with Gasteiger partial charge in [0, 0.05) is 19.3 Å². The molecule has 1 atom stereocenters. The third kappa shape index (κ3) is 65.7. The van der Waals surface area contributed by atoms with E-state index in [-0.39, 0.29) is 31.1 Å². The number of ether oxygens (including phenoxy) is 3. The summed E-state index contributed by atoms with van der Waals surface area (Å²) in [5.41, 5.74) is 0. The van der Waals surface area contributed by atoms with Gasteiger partial charge in [-0.05, 0) is 96.3 Å². The van der Waals surface area contributed by atoms with Gasteiger partial charge in [-0.3, -0.25) is 14.4 Å². The fourth-order valence-electron chi connectivity index (χ4n) is 10.2. The molecule has 0 N–H and O–H groups in total. The number of esters is 3. The van der Waals surface area contributed by atoms with Gasteiger partial charge < -0.3 is 14.2 Å². The molecule has 0 spiro atoms. The highest BCUT2D eigenvalue weighted by Crippen LogP contribution is 2.17. The number of rotatable bonds is 64. The Kier molecular flexibility index (Phi) is 65.7. The highest BCUT2D eigenvalue weighted by molar-refractivity contribution is 5.71. The van der Waals surface area contributed by atoms with Crippen LogP contribution in [-0.2, 0) is 28.6 Å². The molecule has 0 bridgehead atoms. The highest BCUT2D eigenvalue weighted by atomic mass is 16.6. The van der Waals surface area contributed by atoms with Crippen LogP contribution in [0.25, 0.3) is 0 Å². The summed E-state index contributed by atoms with van der Waals surface area (Å²) in [6.07, 6.45) is 89.3. The predicted octanol–water partition coefficient (Wildman–Crippen LogP) is 24.1. The second-order valence-corrected chi connectivity index (χ2v) is 23.4. The second kappa shape index (κ2) is 68.3. The van der Waals surface area contributed by atoms with Gasteiger partial charge in [-0.2, -0.15) is 0 Å². The van der Waals surface area contributed by atoms with E-state index in [1.165, 1.54) is 225 Å². The Balaban J connectivity index is 4.20. The third-order valence-electron chi connectivity index (χ3n) is 15.4. The minimum absolute atomic E-state index is 0.0765. The molecule has 0 aliphatic carbocycles. The minimum atomic E-state index is -0.781. The van der Waals surface area contributed by atoms with Crippen molar-refractivity contribution in [2.24, 2.45) is 0 Å². The van der Waals surface area contributed by atoms with Crippen LogP contribution in [0.1, 0.15) is 361 Å². The Morgan fingerprint density at radius 2 is 0.450 bits per heavy atom. The highest BCUT2D eigenvalue weighted by Gasteiger charge is 2.19. The molecule has 6 heteroatoms. The van der Waals surface area contributed by atoms with E-state index in [4.69, 9.17) is 14.2 Å². The third-order valence-corrected chi connectivity index (χ3v) is 15.4. The lowest BCUT2D eigenvalue weighted by Gasteiger charge is -2.18. The maximum atomic E-state index is 12.9. The van der Waals surface area contributed by atoms with Gasteiger partial charge in [-0.15, -0.1) is 0 Å². The maximum Gasteiger partial charge on any atom is 0.306 e. The van der Waals surface area contributed by atoms with Gasteiger partial charge in [-0.25, -0.2) is 0 Å². The van der Waals surface area contributed by atoms with Gasteiger partial charge in [0.25, 0.3) is 0 Å². The zero-order chi connectivity index (χ0) is 57.8. The van der Waals surface area contributed by atoms with Crippen molar-refractivity contribution in [2.45, 2.75) is 367 Å². The molecule has 0 saturated heterocycles. The quantitative estimate of drug-likeness (QED) is 0.0261. The van der Waals surface area contributed by atoms with Crippen molar-refractivity contribution in [1.82, 2.24) is 0 Å². The maximum absolute atomic E-state index is 12.9. The minimum Gasteiger partial charge on any atom is -0.462 e. The average molecular weight is 1120 g/mol. The Morgan fingerprint density at radius 3 is 0.725 bits per heavy atom. The van der Waals surface area contributed by atoms with E-state index in [9.17, 15) is 14.4 Å². The van der Waals surface area contributed by atoms with Crippen molar-refractivity contribution in [3.63, 3.8) is 0 Å². The van der Waals surface area contributed by atoms with Crippen LogP contribution >= 0.6 is 0 Å². The van der Waals surface area contributed by atoms with Gasteiger partial charge >= 0.3 is 17.9 Å². The molecule has 0 aromatic heterocycles. The van der Waals surface area contributed by atoms with Gasteiger partial charge in [0.15, 0.2) is 6.10 Å². The molecule has 0 aliphatic heterocycles. The Labute approximate surface area is 497 Å². The molecular weight excluding hydrogens is 985 g/mol. The molecule has 0 saturated carbocycles. The summed E-state index contributed by atoms with van der Waals surface area (Å²) in [6.45, 7) is 6.63. The summed E-state index contributed by atoms with van der Waals surface area (Å²) in [7, 11) is 0. The van der Waals surface area contributed by atoms with Crippen molar-refractivity contribution >= 4 is 17.9 Å². The lowest BCUT2D eigenvalue weighted by atomic mass is 10.0. The first-order valence-electron chi connectivity index (χ1n) is 34.9. The molecular formula is C74H132O6. The van der Waals surface area contributed by atoms with Crippen LogP contribution < -0.4 is 0 Å². The number of allylic oxidation sites excluding steroid dienone is 12. The van der Waals surface area contributed by atoms with Crippen LogP contribution in [0.3, 0.4) is 0 Å². The van der Waals surface area contributed by atoms with Crippen LogP contribution in [0.5, 0.6) is 0 Å². The molecule has 0 aromatic carbocycles. The molecule has 0 heterocycles. The smallest absolute Gasteiger partial charge is 0.306 e. The molecule has 6 nitrogen and oxygen atoms in total. The average Bonchev–Trinajstić information content (AvgIpc) is 3.46. The molecule has 80 heavy (non-hydrogen) atoms. The van der Waals surface area contributed by atoms with Crippen LogP contribution in [0, 0.1) is 0 Å². The fraction of sp³-hybridized carbons (Fsp3) is 0.797. The van der Waals surface area contributed by atoms with Crippen LogP contribution in [0.15, 0.2) is 72.9 Å². The topological polar surface area (TPSA) is 78.9 Å². The zero-order valence-electron chi connectivity index (χ0n) is 53.3. The summed E-state index contributed by atoms with van der Waals surface area (Å²) in [5, 5.41) is 0. The van der Waals surface area contributed by atoms with E-state index in [0.717, 1.165) is 96.3 Å². The monoisotopic (exact) mass is 1120 g/mol. The number of carbonyl (C=O) groups excluding carboxylic acids is 3.